The van der Waals surface area contributed by atoms with Crippen molar-refractivity contribution in [3.05, 3.63) is 56.8 Å². The summed E-state index contributed by atoms with van der Waals surface area (Å²) in [6.07, 6.45) is 0. The van der Waals surface area contributed by atoms with Gasteiger partial charge < -0.3 is 11.1 Å². The molecule has 104 valence electrons. The van der Waals surface area contributed by atoms with Gasteiger partial charge in [-0.25, -0.2) is 4.39 Å². The lowest BCUT2D eigenvalue weighted by Gasteiger charge is -2.11. The normalized spacial score (nSPS) is 10.4. The molecule has 2 rings (SSSR count). The molecule has 0 spiro atoms. The molecule has 0 atom stereocenters. The number of hydrogen-bond donors (Lipinski definition) is 2. The Kier molecular flexibility index (Phi) is 4.30. The summed E-state index contributed by atoms with van der Waals surface area (Å²) in [5.41, 5.74) is 6.82. The lowest BCUT2D eigenvalue weighted by Crippen LogP contribution is -2.15. The maximum atomic E-state index is 13.3. The van der Waals surface area contributed by atoms with Crippen LogP contribution in [0.15, 0.2) is 34.8 Å². The summed E-state index contributed by atoms with van der Waals surface area (Å²) in [5, 5.41) is 3.17. The highest BCUT2D eigenvalue weighted by molar-refractivity contribution is 9.10. The van der Waals surface area contributed by atoms with Gasteiger partial charge in [0.15, 0.2) is 0 Å². The minimum atomic E-state index is -0.626. The van der Waals surface area contributed by atoms with Crippen molar-refractivity contribution in [2.75, 3.05) is 11.1 Å². The fraction of sp³-hybridized carbons (Fsp3) is 0.0714. The van der Waals surface area contributed by atoms with E-state index in [2.05, 4.69) is 21.2 Å². The van der Waals surface area contributed by atoms with Crippen molar-refractivity contribution >= 4 is 44.8 Å². The molecule has 0 aliphatic heterocycles. The summed E-state index contributed by atoms with van der Waals surface area (Å²) in [4.78, 5) is 12.1. The van der Waals surface area contributed by atoms with Crippen molar-refractivity contribution in [3.8, 4) is 0 Å². The zero-order valence-electron chi connectivity index (χ0n) is 10.5. The van der Waals surface area contributed by atoms with Gasteiger partial charge in [-0.15, -0.1) is 0 Å². The molecule has 0 aliphatic rings. The van der Waals surface area contributed by atoms with Crippen molar-refractivity contribution in [2.24, 2.45) is 0 Å². The molecule has 0 heterocycles. The zero-order valence-corrected chi connectivity index (χ0v) is 12.8. The second-order valence-corrected chi connectivity index (χ2v) is 5.50. The Balaban J connectivity index is 2.33. The molecule has 0 saturated carbocycles. The number of nitrogens with one attached hydrogen (secondary N) is 1. The minimum absolute atomic E-state index is 0.0774. The van der Waals surface area contributed by atoms with Crippen LogP contribution in [0.25, 0.3) is 0 Å². The smallest absolute Gasteiger partial charge is 0.257 e. The molecule has 2 aromatic rings. The number of halogens is 3. The number of nitrogen functional groups attached to an aromatic ring is 1. The Morgan fingerprint density at radius 1 is 1.40 bits per heavy atom. The van der Waals surface area contributed by atoms with E-state index < -0.39 is 11.7 Å². The third-order valence-electron chi connectivity index (χ3n) is 2.79. The largest absolute Gasteiger partial charge is 0.396 e. The average molecular weight is 358 g/mol. The Morgan fingerprint density at radius 3 is 2.80 bits per heavy atom. The molecule has 2 aromatic carbocycles. The molecule has 20 heavy (non-hydrogen) atoms. The maximum absolute atomic E-state index is 13.3. The molecule has 3 N–H and O–H groups in total. The van der Waals surface area contributed by atoms with Gasteiger partial charge in [0.1, 0.15) is 5.82 Å². The highest BCUT2D eigenvalue weighted by Gasteiger charge is 2.14. The number of carbonyl (C=O) groups excluding carboxylic acids is 1. The van der Waals surface area contributed by atoms with Crippen molar-refractivity contribution < 1.29 is 9.18 Å². The average Bonchev–Trinajstić information content (AvgIpc) is 2.39. The second kappa shape index (κ2) is 5.81. The fourth-order valence-corrected chi connectivity index (χ4v) is 2.39. The summed E-state index contributed by atoms with van der Waals surface area (Å²) in [6, 6.07) is 7.49. The minimum Gasteiger partial charge on any atom is -0.396 e. The van der Waals surface area contributed by atoms with E-state index in [1.54, 1.807) is 12.1 Å². The SMILES string of the molecule is Cc1cc(Br)c(NC(=O)c2cccc(F)c2N)cc1Cl. The molecule has 0 aromatic heterocycles. The number of nitrogens with two attached hydrogens (primary N) is 1. The molecule has 0 radical (unpaired) electrons. The van der Waals surface area contributed by atoms with Gasteiger partial charge in [0.25, 0.3) is 5.91 Å². The van der Waals surface area contributed by atoms with Crippen LogP contribution < -0.4 is 11.1 Å². The van der Waals surface area contributed by atoms with E-state index in [1.807, 2.05) is 6.92 Å². The third kappa shape index (κ3) is 2.94. The monoisotopic (exact) mass is 356 g/mol. The number of amides is 1. The van der Waals surface area contributed by atoms with Gasteiger partial charge >= 0.3 is 0 Å². The van der Waals surface area contributed by atoms with Crippen LogP contribution in [0.3, 0.4) is 0 Å². The van der Waals surface area contributed by atoms with E-state index in [0.29, 0.717) is 15.2 Å². The Hall–Kier alpha value is -1.59. The summed E-state index contributed by atoms with van der Waals surface area (Å²) in [6.45, 7) is 1.85. The van der Waals surface area contributed by atoms with Crippen LogP contribution in [0, 0.1) is 12.7 Å². The third-order valence-corrected chi connectivity index (χ3v) is 3.86. The Bertz CT molecular complexity index is 691. The van der Waals surface area contributed by atoms with E-state index in [4.69, 9.17) is 17.3 Å². The van der Waals surface area contributed by atoms with Crippen molar-refractivity contribution in [1.29, 1.82) is 0 Å². The lowest BCUT2D eigenvalue weighted by atomic mass is 10.1. The van der Waals surface area contributed by atoms with E-state index in [0.717, 1.165) is 5.56 Å². The summed E-state index contributed by atoms with van der Waals surface area (Å²) < 4.78 is 14.0. The number of benzene rings is 2. The van der Waals surface area contributed by atoms with Crippen LogP contribution in [-0.2, 0) is 0 Å². The highest BCUT2D eigenvalue weighted by Crippen LogP contribution is 2.30. The molecule has 3 nitrogen and oxygen atoms in total. The van der Waals surface area contributed by atoms with Crippen LogP contribution in [0.4, 0.5) is 15.8 Å². The van der Waals surface area contributed by atoms with Crippen LogP contribution in [0.5, 0.6) is 0 Å². The fourth-order valence-electron chi connectivity index (χ4n) is 1.67. The molecule has 0 saturated heterocycles. The van der Waals surface area contributed by atoms with E-state index in [9.17, 15) is 9.18 Å². The summed E-state index contributed by atoms with van der Waals surface area (Å²) in [7, 11) is 0. The Morgan fingerprint density at radius 2 is 2.10 bits per heavy atom. The van der Waals surface area contributed by atoms with E-state index in [1.165, 1.54) is 18.2 Å². The first kappa shape index (κ1) is 14.8. The van der Waals surface area contributed by atoms with Crippen molar-refractivity contribution in [3.63, 3.8) is 0 Å². The lowest BCUT2D eigenvalue weighted by molar-refractivity contribution is 0.102. The van der Waals surface area contributed by atoms with E-state index >= 15 is 0 Å². The highest BCUT2D eigenvalue weighted by atomic mass is 79.9. The molecular formula is C14H11BrClFN2O. The summed E-state index contributed by atoms with van der Waals surface area (Å²) >= 11 is 9.35. The number of para-hydroxylation sites is 1. The van der Waals surface area contributed by atoms with Gasteiger partial charge in [-0.2, -0.15) is 0 Å². The topological polar surface area (TPSA) is 55.1 Å². The number of aryl methyl sites for hydroxylation is 1. The number of hydrogen-bond acceptors (Lipinski definition) is 2. The van der Waals surface area contributed by atoms with Gasteiger partial charge in [-0.1, -0.05) is 17.7 Å². The summed E-state index contributed by atoms with van der Waals surface area (Å²) in [5.74, 6) is -1.12. The first-order valence-electron chi connectivity index (χ1n) is 5.71. The molecule has 6 heteroatoms. The molecule has 0 aliphatic carbocycles. The van der Waals surface area contributed by atoms with Gasteiger partial charge in [0.05, 0.1) is 16.9 Å². The van der Waals surface area contributed by atoms with Crippen LogP contribution in [0.1, 0.15) is 15.9 Å². The number of anilines is 2. The van der Waals surface area contributed by atoms with Crippen molar-refractivity contribution in [1.82, 2.24) is 0 Å². The maximum Gasteiger partial charge on any atom is 0.257 e. The molecule has 0 fully saturated rings. The molecular weight excluding hydrogens is 347 g/mol. The Labute approximate surface area is 129 Å². The quantitative estimate of drug-likeness (QED) is 0.783. The van der Waals surface area contributed by atoms with Crippen LogP contribution >= 0.6 is 27.5 Å². The van der Waals surface area contributed by atoms with E-state index in [-0.39, 0.29) is 11.3 Å². The molecule has 0 bridgehead atoms. The second-order valence-electron chi connectivity index (χ2n) is 4.24. The van der Waals surface area contributed by atoms with Crippen LogP contribution in [0.2, 0.25) is 5.02 Å². The zero-order chi connectivity index (χ0) is 14.9. The van der Waals surface area contributed by atoms with Crippen molar-refractivity contribution in [2.45, 2.75) is 6.92 Å². The predicted octanol–water partition coefficient (Wildman–Crippen LogP) is 4.38. The van der Waals surface area contributed by atoms with Crippen LogP contribution in [-0.4, -0.2) is 5.91 Å². The van der Waals surface area contributed by atoms with Gasteiger partial charge in [0, 0.05) is 9.50 Å². The molecule has 1 amide bonds. The number of rotatable bonds is 2. The first-order valence-corrected chi connectivity index (χ1v) is 6.88. The van der Waals surface area contributed by atoms with Gasteiger partial charge in [-0.05, 0) is 52.7 Å². The van der Waals surface area contributed by atoms with Gasteiger partial charge in [0.2, 0.25) is 0 Å². The van der Waals surface area contributed by atoms with Gasteiger partial charge in [-0.3, -0.25) is 4.79 Å². The predicted molar refractivity (Wildman–Crippen MR) is 82.7 cm³/mol. The molecule has 0 unspecified atom stereocenters. The first-order chi connectivity index (χ1) is 9.40. The number of carbonyl (C=O) groups is 1. The standard InChI is InChI=1S/C14H11BrClFN2O/c1-7-5-9(15)12(6-10(7)16)19-14(20)8-3-2-4-11(17)13(8)18/h2-6H,18H2,1H3,(H,19,20).